The minimum Gasteiger partial charge on any atom is -0.363 e. The molecule has 3 nitrogen and oxygen atoms in total. The van der Waals surface area contributed by atoms with Crippen LogP contribution in [0.3, 0.4) is 0 Å². The van der Waals surface area contributed by atoms with Crippen LogP contribution in [0, 0.1) is 0 Å². The van der Waals surface area contributed by atoms with Crippen LogP contribution in [-0.4, -0.2) is 41.6 Å². The van der Waals surface area contributed by atoms with E-state index in [4.69, 9.17) is 4.99 Å². The van der Waals surface area contributed by atoms with Crippen molar-refractivity contribution in [1.29, 1.82) is 0 Å². The molecule has 1 aliphatic heterocycles. The summed E-state index contributed by atoms with van der Waals surface area (Å²) in [6.45, 7) is 2.07. The molecule has 4 heteroatoms. The average Bonchev–Trinajstić information content (AvgIpc) is 2.89. The van der Waals surface area contributed by atoms with Gasteiger partial charge in [0.05, 0.1) is 12.4 Å². The minimum atomic E-state index is 0.907. The van der Waals surface area contributed by atoms with E-state index < -0.39 is 0 Å². The van der Waals surface area contributed by atoms with Crippen LogP contribution < -0.4 is 0 Å². The number of hydrogen-bond acceptors (Lipinski definition) is 2. The molecule has 0 unspecified atom stereocenters. The Bertz CT molecular complexity index is 603. The predicted octanol–water partition coefficient (Wildman–Crippen LogP) is 3.77. The number of benzene rings is 1. The van der Waals surface area contributed by atoms with E-state index in [1.54, 1.807) is 0 Å². The lowest BCUT2D eigenvalue weighted by atomic mass is 10.1. The van der Waals surface area contributed by atoms with Crippen molar-refractivity contribution in [3.63, 3.8) is 0 Å². The fourth-order valence-corrected chi connectivity index (χ4v) is 3.52. The van der Waals surface area contributed by atoms with E-state index in [1.165, 1.54) is 34.5 Å². The quantitative estimate of drug-likeness (QED) is 0.685. The summed E-state index contributed by atoms with van der Waals surface area (Å²) in [7, 11) is 2.16. The van der Waals surface area contributed by atoms with Crippen LogP contribution in [0.15, 0.2) is 40.4 Å². The van der Waals surface area contributed by atoms with Crippen LogP contribution in [-0.2, 0) is 0 Å². The molecule has 3 rings (SSSR count). The van der Waals surface area contributed by atoms with Gasteiger partial charge in [-0.2, -0.15) is 0 Å². The molecule has 0 bridgehead atoms. The number of aromatic nitrogens is 1. The number of hydrogen-bond donors (Lipinski definition) is 1. The number of amidine groups is 1. The number of aromatic amines is 1. The maximum Gasteiger partial charge on any atom is 0.0986 e. The molecule has 1 aliphatic rings. The van der Waals surface area contributed by atoms with Crippen LogP contribution in [0.25, 0.3) is 10.9 Å². The normalized spacial score (nSPS) is 18.1. The second-order valence-corrected chi connectivity index (χ2v) is 6.36. The highest BCUT2D eigenvalue weighted by molar-refractivity contribution is 7.99. The average molecular weight is 287 g/mol. The van der Waals surface area contributed by atoms with Crippen molar-refractivity contribution in [3.05, 3.63) is 30.5 Å². The SMILES string of the molecule is CN1CCCCC1=NCCSc1c[nH]c2ccccc12. The molecule has 1 aromatic carbocycles. The Labute approximate surface area is 124 Å². The van der Waals surface area contributed by atoms with Crippen molar-refractivity contribution in [2.75, 3.05) is 25.9 Å². The molecule has 0 atom stereocenters. The van der Waals surface area contributed by atoms with Crippen molar-refractivity contribution >= 4 is 28.5 Å². The highest BCUT2D eigenvalue weighted by Crippen LogP contribution is 2.27. The third-order valence-corrected chi connectivity index (χ3v) is 4.81. The van der Waals surface area contributed by atoms with Gasteiger partial charge in [-0.25, -0.2) is 0 Å². The lowest BCUT2D eigenvalue weighted by Crippen LogP contribution is -2.31. The van der Waals surface area contributed by atoms with E-state index in [-0.39, 0.29) is 0 Å². The Balaban J connectivity index is 1.56. The molecule has 0 aliphatic carbocycles. The second kappa shape index (κ2) is 6.35. The van der Waals surface area contributed by atoms with Crippen LogP contribution in [0.1, 0.15) is 19.3 Å². The van der Waals surface area contributed by atoms with Gasteiger partial charge in [-0.1, -0.05) is 18.2 Å². The number of piperidine rings is 1. The van der Waals surface area contributed by atoms with Gasteiger partial charge in [-0.3, -0.25) is 4.99 Å². The second-order valence-electron chi connectivity index (χ2n) is 5.22. The number of likely N-dealkylation sites (tertiary alicyclic amines) is 1. The molecule has 1 aromatic heterocycles. The van der Waals surface area contributed by atoms with E-state index in [0.29, 0.717) is 0 Å². The molecule has 20 heavy (non-hydrogen) atoms. The number of fused-ring (bicyclic) bond motifs is 1. The van der Waals surface area contributed by atoms with Gasteiger partial charge in [0.25, 0.3) is 0 Å². The van der Waals surface area contributed by atoms with Gasteiger partial charge in [-0.15, -0.1) is 11.8 Å². The summed E-state index contributed by atoms with van der Waals surface area (Å²) in [5.74, 6) is 2.33. The fraction of sp³-hybridized carbons (Fsp3) is 0.438. The summed E-state index contributed by atoms with van der Waals surface area (Å²) < 4.78 is 0. The van der Waals surface area contributed by atoms with Crippen molar-refractivity contribution < 1.29 is 0 Å². The van der Waals surface area contributed by atoms with Crippen molar-refractivity contribution in [2.24, 2.45) is 4.99 Å². The van der Waals surface area contributed by atoms with Crippen LogP contribution in [0.5, 0.6) is 0 Å². The fourth-order valence-electron chi connectivity index (χ4n) is 2.65. The maximum absolute atomic E-state index is 4.76. The zero-order valence-electron chi connectivity index (χ0n) is 11.9. The number of rotatable bonds is 4. The first kappa shape index (κ1) is 13.6. The Morgan fingerprint density at radius 2 is 2.20 bits per heavy atom. The summed E-state index contributed by atoms with van der Waals surface area (Å²) in [5.41, 5.74) is 1.22. The van der Waals surface area contributed by atoms with Gasteiger partial charge in [0.1, 0.15) is 0 Å². The van der Waals surface area contributed by atoms with Gasteiger partial charge in [0.2, 0.25) is 0 Å². The van der Waals surface area contributed by atoms with Crippen molar-refractivity contribution in [3.8, 4) is 0 Å². The van der Waals surface area contributed by atoms with E-state index in [9.17, 15) is 0 Å². The van der Waals surface area contributed by atoms with Crippen molar-refractivity contribution in [2.45, 2.75) is 24.2 Å². The van der Waals surface area contributed by atoms with Crippen LogP contribution in [0.2, 0.25) is 0 Å². The highest BCUT2D eigenvalue weighted by atomic mass is 32.2. The smallest absolute Gasteiger partial charge is 0.0986 e. The number of H-pyrrole nitrogens is 1. The molecule has 0 radical (unpaired) electrons. The summed E-state index contributed by atoms with van der Waals surface area (Å²) in [6.07, 6.45) is 5.85. The first-order valence-electron chi connectivity index (χ1n) is 7.28. The molecule has 0 spiro atoms. The Hall–Kier alpha value is -1.42. The van der Waals surface area contributed by atoms with Crippen molar-refractivity contribution in [1.82, 2.24) is 9.88 Å². The third-order valence-electron chi connectivity index (χ3n) is 3.78. The van der Waals surface area contributed by atoms with Gasteiger partial charge in [-0.05, 0) is 18.9 Å². The molecule has 0 saturated carbocycles. The summed E-state index contributed by atoms with van der Waals surface area (Å²) >= 11 is 1.89. The molecule has 2 aromatic rings. The number of aliphatic imine (C=N–C) groups is 1. The Morgan fingerprint density at radius 3 is 3.10 bits per heavy atom. The summed E-state index contributed by atoms with van der Waals surface area (Å²) in [6, 6.07) is 8.46. The number of nitrogens with zero attached hydrogens (tertiary/aromatic N) is 2. The number of para-hydroxylation sites is 1. The molecule has 1 fully saturated rings. The largest absolute Gasteiger partial charge is 0.363 e. The molecule has 1 saturated heterocycles. The van der Waals surface area contributed by atoms with Crippen LogP contribution >= 0.6 is 11.8 Å². The lowest BCUT2D eigenvalue weighted by Gasteiger charge is -2.26. The van der Waals surface area contributed by atoms with E-state index in [2.05, 4.69) is 47.4 Å². The minimum absolute atomic E-state index is 0.907. The van der Waals surface area contributed by atoms with Crippen LogP contribution in [0.4, 0.5) is 0 Å². The van der Waals surface area contributed by atoms with Gasteiger partial charge < -0.3 is 9.88 Å². The zero-order valence-corrected chi connectivity index (χ0v) is 12.7. The van der Waals surface area contributed by atoms with Gasteiger partial charge in [0, 0.05) is 47.8 Å². The molecule has 0 amide bonds. The first-order chi connectivity index (χ1) is 9.84. The molecule has 2 heterocycles. The topological polar surface area (TPSA) is 31.4 Å². The molecular formula is C16H21N3S. The van der Waals surface area contributed by atoms with Gasteiger partial charge >= 0.3 is 0 Å². The predicted molar refractivity (Wildman–Crippen MR) is 87.8 cm³/mol. The monoisotopic (exact) mass is 287 g/mol. The highest BCUT2D eigenvalue weighted by Gasteiger charge is 2.11. The number of thioether (sulfide) groups is 1. The molecule has 1 N–H and O–H groups in total. The first-order valence-corrected chi connectivity index (χ1v) is 8.26. The van der Waals surface area contributed by atoms with E-state index >= 15 is 0 Å². The third kappa shape index (κ3) is 3.01. The van der Waals surface area contributed by atoms with Gasteiger partial charge in [0.15, 0.2) is 0 Å². The lowest BCUT2D eigenvalue weighted by molar-refractivity contribution is 0.432. The maximum atomic E-state index is 4.76. The Morgan fingerprint density at radius 1 is 1.30 bits per heavy atom. The standard InChI is InChI=1S/C16H21N3S/c1-19-10-5-4-8-16(19)17-9-11-20-15-12-18-14-7-3-2-6-13(14)15/h2-3,6-7,12,18H,4-5,8-11H2,1H3. The molecular weight excluding hydrogens is 266 g/mol. The number of nitrogens with one attached hydrogen (secondary N) is 1. The van der Waals surface area contributed by atoms with E-state index in [1.807, 2.05) is 11.8 Å². The Kier molecular flexibility index (Phi) is 4.31. The molecule has 106 valence electrons. The summed E-state index contributed by atoms with van der Waals surface area (Å²) in [5, 5.41) is 1.32. The zero-order chi connectivity index (χ0) is 13.8. The summed E-state index contributed by atoms with van der Waals surface area (Å²) in [4.78, 5) is 11.7. The van der Waals surface area contributed by atoms with E-state index in [0.717, 1.165) is 25.3 Å².